The lowest BCUT2D eigenvalue weighted by molar-refractivity contribution is -0.0197. The van der Waals surface area contributed by atoms with Crippen LogP contribution in [0, 0.1) is 0 Å². The van der Waals surface area contributed by atoms with Gasteiger partial charge < -0.3 is 14.2 Å². The fourth-order valence-electron chi connectivity index (χ4n) is 4.05. The predicted octanol–water partition coefficient (Wildman–Crippen LogP) is 5.87. The van der Waals surface area contributed by atoms with E-state index >= 15 is 0 Å². The van der Waals surface area contributed by atoms with Gasteiger partial charge >= 0.3 is 0 Å². The average molecular weight is 545 g/mol. The molecule has 0 fully saturated rings. The van der Waals surface area contributed by atoms with E-state index in [9.17, 15) is 0 Å². The number of benzene rings is 2. The van der Waals surface area contributed by atoms with Gasteiger partial charge in [-0.15, -0.1) is 0 Å². The number of hydrogen-bond donors (Lipinski definition) is 0. The molecule has 158 valence electrons. The molecule has 0 saturated heterocycles. The molecule has 2 aromatic carbocycles. The van der Waals surface area contributed by atoms with Crippen LogP contribution in [0.3, 0.4) is 0 Å². The van der Waals surface area contributed by atoms with Crippen LogP contribution in [-0.4, -0.2) is 29.9 Å². The summed E-state index contributed by atoms with van der Waals surface area (Å²) in [6.07, 6.45) is 3.94. The van der Waals surface area contributed by atoms with Gasteiger partial charge in [0.1, 0.15) is 5.75 Å². The quantitative estimate of drug-likeness (QED) is 0.411. The molecule has 6 nitrogen and oxygen atoms in total. The van der Waals surface area contributed by atoms with E-state index in [0.717, 1.165) is 43.5 Å². The Bertz CT molecular complexity index is 1170. The van der Waals surface area contributed by atoms with E-state index in [4.69, 9.17) is 19.3 Å². The van der Waals surface area contributed by atoms with Gasteiger partial charge in [-0.1, -0.05) is 15.9 Å². The van der Waals surface area contributed by atoms with Crippen molar-refractivity contribution < 1.29 is 14.2 Å². The number of fused-ring (bicyclic) bond motifs is 3. The Labute approximate surface area is 197 Å². The molecule has 0 bridgehead atoms. The second kappa shape index (κ2) is 8.16. The third-order valence-corrected chi connectivity index (χ3v) is 6.56. The van der Waals surface area contributed by atoms with Gasteiger partial charge in [0.05, 0.1) is 30.4 Å². The summed E-state index contributed by atoms with van der Waals surface area (Å²) in [5.41, 5.74) is 4.05. The van der Waals surface area contributed by atoms with Crippen molar-refractivity contribution in [3.63, 3.8) is 0 Å². The smallest absolute Gasteiger partial charge is 0.214 e. The van der Waals surface area contributed by atoms with Crippen molar-refractivity contribution in [2.75, 3.05) is 14.2 Å². The van der Waals surface area contributed by atoms with Crippen molar-refractivity contribution in [3.8, 4) is 17.2 Å². The molecule has 0 N–H and O–H groups in total. The molecule has 2 atom stereocenters. The van der Waals surface area contributed by atoms with Crippen LogP contribution in [0.1, 0.15) is 35.4 Å². The SMILES string of the molecule is COc1ccc(C2=NN3[C@H](C2)c2cc(Br)cc(Br)c2O[C@@H]3c2ccncc2)cc1OC. The fourth-order valence-corrected chi connectivity index (χ4v) is 5.40. The Morgan fingerprint density at radius 2 is 1.77 bits per heavy atom. The molecule has 8 heteroatoms. The molecular weight excluding hydrogens is 526 g/mol. The minimum Gasteiger partial charge on any atom is -0.493 e. The van der Waals surface area contributed by atoms with Crippen molar-refractivity contribution in [1.82, 2.24) is 9.99 Å². The number of hydrogen-bond acceptors (Lipinski definition) is 6. The van der Waals surface area contributed by atoms with Crippen LogP contribution < -0.4 is 14.2 Å². The Morgan fingerprint density at radius 3 is 2.52 bits per heavy atom. The monoisotopic (exact) mass is 543 g/mol. The Morgan fingerprint density at radius 1 is 1.00 bits per heavy atom. The standard InChI is InChI=1S/C23H19Br2N3O3/c1-29-20-4-3-14(9-21(20)30-2)18-12-19-16-10-15(24)11-17(25)22(16)31-23(28(19)27-18)13-5-7-26-8-6-13/h3-11,19,23H,12H2,1-2H3/t19-,23-/m1/s1. The number of methoxy groups -OCH3 is 2. The Hall–Kier alpha value is -2.58. The first-order valence-corrected chi connectivity index (χ1v) is 11.3. The Kier molecular flexibility index (Phi) is 5.35. The zero-order valence-corrected chi connectivity index (χ0v) is 20.1. The maximum Gasteiger partial charge on any atom is 0.214 e. The highest BCUT2D eigenvalue weighted by atomic mass is 79.9. The lowest BCUT2D eigenvalue weighted by Gasteiger charge is -2.38. The highest BCUT2D eigenvalue weighted by Gasteiger charge is 2.42. The maximum absolute atomic E-state index is 6.46. The molecule has 5 rings (SSSR count). The molecule has 2 aliphatic heterocycles. The first kappa shape index (κ1) is 20.3. The Balaban J connectivity index is 1.61. The summed E-state index contributed by atoms with van der Waals surface area (Å²) in [4.78, 5) is 4.15. The number of nitrogens with zero attached hydrogens (tertiary/aromatic N) is 3. The van der Waals surface area contributed by atoms with Crippen molar-refractivity contribution in [2.24, 2.45) is 5.10 Å². The van der Waals surface area contributed by atoms with Crippen molar-refractivity contribution >= 4 is 37.6 Å². The fraction of sp³-hybridized carbons (Fsp3) is 0.217. The summed E-state index contributed by atoms with van der Waals surface area (Å²) < 4.78 is 19.2. The molecule has 3 aromatic rings. The van der Waals surface area contributed by atoms with E-state index in [1.165, 1.54) is 0 Å². The molecular formula is C23H19Br2N3O3. The third kappa shape index (κ3) is 3.57. The van der Waals surface area contributed by atoms with Gasteiger partial charge in [-0.25, -0.2) is 5.01 Å². The number of ether oxygens (including phenoxy) is 3. The number of pyridine rings is 1. The summed E-state index contributed by atoms with van der Waals surface area (Å²) in [6.45, 7) is 0. The van der Waals surface area contributed by atoms with Crippen molar-refractivity contribution in [3.05, 3.63) is 80.5 Å². The first-order chi connectivity index (χ1) is 15.1. The lowest BCUT2D eigenvalue weighted by Crippen LogP contribution is -2.33. The maximum atomic E-state index is 6.46. The van der Waals surface area contributed by atoms with Gasteiger partial charge in [-0.05, 0) is 58.4 Å². The summed E-state index contributed by atoms with van der Waals surface area (Å²) >= 11 is 7.28. The van der Waals surface area contributed by atoms with E-state index < -0.39 is 0 Å². The lowest BCUT2D eigenvalue weighted by atomic mass is 9.96. The zero-order chi connectivity index (χ0) is 21.5. The first-order valence-electron chi connectivity index (χ1n) is 9.72. The topological polar surface area (TPSA) is 56.2 Å². The van der Waals surface area contributed by atoms with Gasteiger partial charge in [0.15, 0.2) is 11.5 Å². The van der Waals surface area contributed by atoms with Crippen LogP contribution >= 0.6 is 31.9 Å². The number of aromatic nitrogens is 1. The number of hydrazone groups is 1. The zero-order valence-electron chi connectivity index (χ0n) is 16.9. The highest BCUT2D eigenvalue weighted by Crippen LogP contribution is 2.51. The molecule has 0 saturated carbocycles. The summed E-state index contributed by atoms with van der Waals surface area (Å²) in [7, 11) is 3.27. The van der Waals surface area contributed by atoms with Crippen LogP contribution in [0.15, 0.2) is 68.9 Å². The number of rotatable bonds is 4. The van der Waals surface area contributed by atoms with Gasteiger partial charge in [-0.3, -0.25) is 4.98 Å². The molecule has 0 amide bonds. The van der Waals surface area contributed by atoms with E-state index in [1.807, 2.05) is 41.4 Å². The molecule has 1 aromatic heterocycles. The molecule has 0 unspecified atom stereocenters. The van der Waals surface area contributed by atoms with Crippen LogP contribution in [0.25, 0.3) is 0 Å². The van der Waals surface area contributed by atoms with Crippen molar-refractivity contribution in [2.45, 2.75) is 18.7 Å². The molecule has 2 aliphatic rings. The average Bonchev–Trinajstić information content (AvgIpc) is 3.24. The summed E-state index contributed by atoms with van der Waals surface area (Å²) in [6, 6.07) is 14.0. The van der Waals surface area contributed by atoms with Crippen LogP contribution in [0.2, 0.25) is 0 Å². The second-order valence-electron chi connectivity index (χ2n) is 7.27. The highest BCUT2D eigenvalue weighted by molar-refractivity contribution is 9.11. The molecule has 31 heavy (non-hydrogen) atoms. The largest absolute Gasteiger partial charge is 0.493 e. The van der Waals surface area contributed by atoms with Crippen LogP contribution in [-0.2, 0) is 0 Å². The molecule has 0 spiro atoms. The predicted molar refractivity (Wildman–Crippen MR) is 125 cm³/mol. The minimum atomic E-state index is -0.351. The normalized spacial score (nSPS) is 19.2. The molecule has 0 aliphatic carbocycles. The molecule has 3 heterocycles. The van der Waals surface area contributed by atoms with Crippen LogP contribution in [0.4, 0.5) is 0 Å². The van der Waals surface area contributed by atoms with Gasteiger partial charge in [0, 0.05) is 40.0 Å². The summed E-state index contributed by atoms with van der Waals surface area (Å²) in [5, 5.41) is 7.05. The molecule has 0 radical (unpaired) electrons. The van der Waals surface area contributed by atoms with E-state index in [-0.39, 0.29) is 12.3 Å². The van der Waals surface area contributed by atoms with Gasteiger partial charge in [0.25, 0.3) is 0 Å². The van der Waals surface area contributed by atoms with Crippen LogP contribution in [0.5, 0.6) is 17.2 Å². The van der Waals surface area contributed by atoms with Gasteiger partial charge in [-0.2, -0.15) is 5.10 Å². The third-order valence-electron chi connectivity index (χ3n) is 5.52. The van der Waals surface area contributed by atoms with E-state index in [1.54, 1.807) is 26.6 Å². The van der Waals surface area contributed by atoms with E-state index in [2.05, 4.69) is 42.9 Å². The van der Waals surface area contributed by atoms with E-state index in [0.29, 0.717) is 11.5 Å². The summed E-state index contributed by atoms with van der Waals surface area (Å²) in [5.74, 6) is 2.22. The second-order valence-corrected chi connectivity index (χ2v) is 9.04. The van der Waals surface area contributed by atoms with Crippen molar-refractivity contribution in [1.29, 1.82) is 0 Å². The minimum absolute atomic E-state index is 0.0406. The van der Waals surface area contributed by atoms with Gasteiger partial charge in [0.2, 0.25) is 6.23 Å². The number of halogens is 2.